The van der Waals surface area contributed by atoms with Gasteiger partial charge in [-0.05, 0) is 48.5 Å². The minimum Gasteiger partial charge on any atom is -0.465 e. The van der Waals surface area contributed by atoms with Gasteiger partial charge in [-0.1, -0.05) is 35.4 Å². The van der Waals surface area contributed by atoms with Crippen molar-refractivity contribution < 1.29 is 14.3 Å². The number of benzene rings is 2. The Morgan fingerprint density at radius 2 is 1.57 bits per heavy atom. The highest BCUT2D eigenvalue weighted by atomic mass is 33.1. The lowest BCUT2D eigenvalue weighted by Gasteiger charge is -2.22. The number of nitrogen functional groups attached to an aromatic ring is 1. The normalized spacial score (nSPS) is 11.2. The van der Waals surface area contributed by atoms with E-state index >= 15 is 0 Å². The molecule has 0 bridgehead atoms. The number of ether oxygens (including phenoxy) is 2. The van der Waals surface area contributed by atoms with Crippen molar-refractivity contribution in [3.05, 3.63) is 48.5 Å². The molecule has 5 nitrogen and oxygen atoms in total. The van der Waals surface area contributed by atoms with Crippen molar-refractivity contribution in [1.82, 2.24) is 0 Å². The maximum atomic E-state index is 11.9. The maximum absolute atomic E-state index is 11.9. The third-order valence-electron chi connectivity index (χ3n) is 3.79. The zero-order valence-corrected chi connectivity index (χ0v) is 18.2. The van der Waals surface area contributed by atoms with E-state index in [4.69, 9.17) is 15.2 Å². The number of methoxy groups -OCH3 is 1. The number of nitrogens with two attached hydrogens (primary N) is 1. The number of carbonyl (C=O) groups is 1. The summed E-state index contributed by atoms with van der Waals surface area (Å²) in [7, 11) is 5.03. The lowest BCUT2D eigenvalue weighted by atomic mass is 9.96. The van der Waals surface area contributed by atoms with E-state index in [0.29, 0.717) is 26.2 Å². The molecule has 0 atom stereocenters. The molecule has 0 fully saturated rings. The fourth-order valence-electron chi connectivity index (χ4n) is 2.34. The first-order valence-electron chi connectivity index (χ1n) is 9.06. The fraction of sp³-hybridized carbons (Fsp3) is 0.381. The largest absolute Gasteiger partial charge is 0.465 e. The average molecular weight is 421 g/mol. The van der Waals surface area contributed by atoms with E-state index in [1.165, 1.54) is 0 Å². The summed E-state index contributed by atoms with van der Waals surface area (Å²) in [6.07, 6.45) is 0.326. The number of hydrogen-bond acceptors (Lipinski definition) is 7. The van der Waals surface area contributed by atoms with Gasteiger partial charge in [-0.2, -0.15) is 0 Å². The Kier molecular flexibility index (Phi) is 9.02. The van der Waals surface area contributed by atoms with E-state index in [0.717, 1.165) is 21.2 Å². The van der Waals surface area contributed by atoms with Crippen LogP contribution >= 0.6 is 21.6 Å². The Morgan fingerprint density at radius 1 is 1.00 bits per heavy atom. The quantitative estimate of drug-likeness (QED) is 0.298. The number of carbonyl (C=O) groups excluding carboxylic acids is 1. The third kappa shape index (κ3) is 8.46. The Morgan fingerprint density at radius 3 is 2.14 bits per heavy atom. The van der Waals surface area contributed by atoms with Crippen molar-refractivity contribution >= 4 is 38.9 Å². The number of hydrogen-bond donors (Lipinski definition) is 2. The monoisotopic (exact) mass is 420 g/mol. The van der Waals surface area contributed by atoms with Crippen molar-refractivity contribution in [3.8, 4) is 0 Å². The van der Waals surface area contributed by atoms with Crippen LogP contribution in [0.1, 0.15) is 20.3 Å². The second-order valence-corrected chi connectivity index (χ2v) is 9.47. The molecule has 0 saturated heterocycles. The van der Waals surface area contributed by atoms with Crippen LogP contribution in [-0.2, 0) is 14.3 Å². The highest BCUT2D eigenvalue weighted by Crippen LogP contribution is 2.37. The molecule has 0 saturated carbocycles. The summed E-state index contributed by atoms with van der Waals surface area (Å²) in [4.78, 5) is 14.2. The molecule has 152 valence electrons. The minimum absolute atomic E-state index is 0.171. The van der Waals surface area contributed by atoms with Crippen molar-refractivity contribution in [3.63, 3.8) is 0 Å². The zero-order valence-electron chi connectivity index (χ0n) is 16.6. The van der Waals surface area contributed by atoms with E-state index in [2.05, 4.69) is 17.4 Å². The summed E-state index contributed by atoms with van der Waals surface area (Å²) in [6, 6.07) is 16.0. The molecule has 2 rings (SSSR count). The molecule has 0 heterocycles. The summed E-state index contributed by atoms with van der Waals surface area (Å²) >= 11 is 0. The van der Waals surface area contributed by atoms with Gasteiger partial charge >= 0.3 is 5.97 Å². The van der Waals surface area contributed by atoms with E-state index in [-0.39, 0.29) is 11.4 Å². The zero-order chi connectivity index (χ0) is 20.4. The Bertz CT molecular complexity index is 734. The summed E-state index contributed by atoms with van der Waals surface area (Å²) in [5, 5.41) is 3.25. The summed E-state index contributed by atoms with van der Waals surface area (Å²) in [5.41, 5.74) is 7.28. The van der Waals surface area contributed by atoms with Crippen molar-refractivity contribution in [2.75, 3.05) is 37.9 Å². The summed E-state index contributed by atoms with van der Waals surface area (Å²) in [5.74, 6) is -0.205. The average Bonchev–Trinajstić information content (AvgIpc) is 2.67. The molecule has 0 amide bonds. The summed E-state index contributed by atoms with van der Waals surface area (Å²) in [6.45, 7) is 5.47. The first-order chi connectivity index (χ1) is 13.4. The van der Waals surface area contributed by atoms with Crippen molar-refractivity contribution in [1.29, 1.82) is 0 Å². The molecular formula is C21H28N2O3S2. The van der Waals surface area contributed by atoms with Gasteiger partial charge in [0.1, 0.15) is 0 Å². The number of anilines is 2. The Balaban J connectivity index is 1.68. The molecule has 0 aliphatic rings. The molecular weight excluding hydrogens is 392 g/mol. The van der Waals surface area contributed by atoms with Gasteiger partial charge in [0.25, 0.3) is 0 Å². The van der Waals surface area contributed by atoms with Gasteiger partial charge in [-0.15, -0.1) is 0 Å². The first-order valence-corrected chi connectivity index (χ1v) is 11.2. The van der Waals surface area contributed by atoms with E-state index < -0.39 is 0 Å². The molecule has 0 aromatic heterocycles. The second-order valence-electron chi connectivity index (χ2n) is 7.19. The third-order valence-corrected chi connectivity index (χ3v) is 6.20. The van der Waals surface area contributed by atoms with Crippen LogP contribution in [0, 0.1) is 5.41 Å². The number of rotatable bonds is 11. The molecule has 0 aliphatic carbocycles. The van der Waals surface area contributed by atoms with Crippen LogP contribution in [0.5, 0.6) is 0 Å². The van der Waals surface area contributed by atoms with E-state index in [9.17, 15) is 4.79 Å². The number of nitrogens with one attached hydrogen (secondary N) is 1. The molecule has 0 aliphatic heterocycles. The molecule has 7 heteroatoms. The fourth-order valence-corrected chi connectivity index (χ4v) is 4.27. The molecule has 0 unspecified atom stereocenters. The molecule has 3 N–H and O–H groups in total. The lowest BCUT2D eigenvalue weighted by molar-refractivity contribution is -0.147. The van der Waals surface area contributed by atoms with Gasteiger partial charge in [0, 0.05) is 40.2 Å². The SMILES string of the molecule is COCC(C)(C)COC(=O)CCNc1ccc(SSc2ccc(N)cc2)cc1. The van der Waals surface area contributed by atoms with Gasteiger partial charge in [-0.3, -0.25) is 4.79 Å². The summed E-state index contributed by atoms with van der Waals surface area (Å²) < 4.78 is 10.4. The van der Waals surface area contributed by atoms with Crippen LogP contribution in [-0.4, -0.2) is 32.8 Å². The molecule has 2 aromatic rings. The topological polar surface area (TPSA) is 73.6 Å². The van der Waals surface area contributed by atoms with Gasteiger partial charge in [-0.25, -0.2) is 0 Å². The van der Waals surface area contributed by atoms with Crippen molar-refractivity contribution in [2.24, 2.45) is 5.41 Å². The first kappa shape index (κ1) is 22.5. The van der Waals surface area contributed by atoms with Crippen molar-refractivity contribution in [2.45, 2.75) is 30.1 Å². The van der Waals surface area contributed by atoms with Gasteiger partial charge < -0.3 is 20.5 Å². The molecule has 2 aromatic carbocycles. The lowest BCUT2D eigenvalue weighted by Crippen LogP contribution is -2.27. The smallest absolute Gasteiger partial charge is 0.307 e. The second kappa shape index (κ2) is 11.2. The van der Waals surface area contributed by atoms with Crippen LogP contribution in [0.15, 0.2) is 58.3 Å². The Hall–Kier alpha value is -1.83. The molecule has 28 heavy (non-hydrogen) atoms. The predicted molar refractivity (Wildman–Crippen MR) is 119 cm³/mol. The van der Waals surface area contributed by atoms with Gasteiger partial charge in [0.2, 0.25) is 0 Å². The minimum atomic E-state index is -0.205. The maximum Gasteiger partial charge on any atom is 0.307 e. The highest BCUT2D eigenvalue weighted by Gasteiger charge is 2.20. The molecule has 0 radical (unpaired) electrons. The van der Waals surface area contributed by atoms with Crippen LogP contribution in [0.3, 0.4) is 0 Å². The van der Waals surface area contributed by atoms with Crippen LogP contribution in [0.4, 0.5) is 11.4 Å². The van der Waals surface area contributed by atoms with Crippen LogP contribution in [0.2, 0.25) is 0 Å². The number of esters is 1. The molecule has 0 spiro atoms. The highest BCUT2D eigenvalue weighted by molar-refractivity contribution is 8.76. The van der Waals surface area contributed by atoms with Gasteiger partial charge in [0.15, 0.2) is 0 Å². The van der Waals surface area contributed by atoms with Gasteiger partial charge in [0.05, 0.1) is 19.6 Å². The van der Waals surface area contributed by atoms with Crippen LogP contribution < -0.4 is 11.1 Å². The Labute approximate surface area is 175 Å². The van der Waals surface area contributed by atoms with Crippen LogP contribution in [0.25, 0.3) is 0 Å². The standard InChI is InChI=1S/C21H28N2O3S2/c1-21(2,14-25-3)15-26-20(24)12-13-23-17-6-10-19(11-7-17)28-27-18-8-4-16(22)5-9-18/h4-11,23H,12-15,22H2,1-3H3. The predicted octanol–water partition coefficient (Wildman–Crippen LogP) is 5.09. The van der Waals surface area contributed by atoms with E-state index in [1.807, 2.05) is 50.2 Å². The van der Waals surface area contributed by atoms with E-state index in [1.54, 1.807) is 28.7 Å².